The Bertz CT molecular complexity index is 573. The first-order valence-corrected chi connectivity index (χ1v) is 9.22. The number of hydrogen-bond acceptors (Lipinski definition) is 3. The molecule has 0 aromatic heterocycles. The lowest BCUT2D eigenvalue weighted by molar-refractivity contribution is -0.139. The molecule has 0 heterocycles. The molecule has 0 amide bonds. The molecule has 146 valence electrons. The molecule has 0 rings (SSSR count). The van der Waals surface area contributed by atoms with Gasteiger partial charge in [-0.15, -0.1) is 0 Å². The van der Waals surface area contributed by atoms with Gasteiger partial charge in [-0.25, -0.2) is 4.79 Å². The van der Waals surface area contributed by atoms with Crippen molar-refractivity contribution in [1.29, 1.82) is 0 Å². The topological polar surface area (TPSA) is 63.6 Å². The molecule has 0 fully saturated rings. The van der Waals surface area contributed by atoms with Crippen LogP contribution in [0.3, 0.4) is 0 Å². The number of ether oxygens (including phenoxy) is 1. The summed E-state index contributed by atoms with van der Waals surface area (Å²) in [6.07, 6.45) is 12.9. The Morgan fingerprint density at radius 1 is 0.769 bits per heavy atom. The van der Waals surface area contributed by atoms with Gasteiger partial charge in [-0.2, -0.15) is 0 Å². The van der Waals surface area contributed by atoms with Crippen LogP contribution in [0, 0.1) is 0 Å². The van der Waals surface area contributed by atoms with Gasteiger partial charge in [0.15, 0.2) is 0 Å². The Morgan fingerprint density at radius 3 is 1.85 bits per heavy atom. The van der Waals surface area contributed by atoms with Gasteiger partial charge in [0.25, 0.3) is 0 Å². The molecule has 0 aliphatic carbocycles. The van der Waals surface area contributed by atoms with Crippen molar-refractivity contribution in [2.45, 2.75) is 73.1 Å². The summed E-state index contributed by atoms with van der Waals surface area (Å²) in [5.74, 6) is -1.08. The molecule has 4 nitrogen and oxygen atoms in total. The van der Waals surface area contributed by atoms with Crippen molar-refractivity contribution in [3.8, 4) is 0 Å². The summed E-state index contributed by atoms with van der Waals surface area (Å²) >= 11 is 0. The normalized spacial score (nSPS) is 12.7. The van der Waals surface area contributed by atoms with Crippen molar-refractivity contribution >= 4 is 11.9 Å². The summed E-state index contributed by atoms with van der Waals surface area (Å²) < 4.78 is 4.89. The van der Waals surface area contributed by atoms with E-state index < -0.39 is 5.97 Å². The quantitative estimate of drug-likeness (QED) is 0.272. The van der Waals surface area contributed by atoms with Crippen LogP contribution in [0.4, 0.5) is 0 Å². The summed E-state index contributed by atoms with van der Waals surface area (Å²) in [6, 6.07) is 0. The number of esters is 1. The summed E-state index contributed by atoms with van der Waals surface area (Å²) in [5.41, 5.74) is 4.18. The molecule has 0 bridgehead atoms. The SMILES string of the molecule is CC(=O)OCC=C(C)CCC=C(C)CCC=C(CCC=C(C)C)C(=O)O. The zero-order chi connectivity index (χ0) is 19.9. The zero-order valence-corrected chi connectivity index (χ0v) is 16.9. The van der Waals surface area contributed by atoms with Crippen LogP contribution >= 0.6 is 0 Å². The molecule has 26 heavy (non-hydrogen) atoms. The minimum absolute atomic E-state index is 0.264. The maximum Gasteiger partial charge on any atom is 0.331 e. The Kier molecular flexibility index (Phi) is 13.0. The van der Waals surface area contributed by atoms with Crippen LogP contribution in [0.2, 0.25) is 0 Å². The van der Waals surface area contributed by atoms with Crippen molar-refractivity contribution in [3.63, 3.8) is 0 Å². The number of carbonyl (C=O) groups excluding carboxylic acids is 1. The van der Waals surface area contributed by atoms with Crippen LogP contribution < -0.4 is 0 Å². The average Bonchev–Trinajstić information content (AvgIpc) is 2.52. The number of rotatable bonds is 12. The number of carboxylic acids is 1. The van der Waals surface area contributed by atoms with Crippen molar-refractivity contribution in [2.75, 3.05) is 6.61 Å². The van der Waals surface area contributed by atoms with Crippen molar-refractivity contribution in [3.05, 3.63) is 46.6 Å². The van der Waals surface area contributed by atoms with Crippen LogP contribution in [0.1, 0.15) is 73.1 Å². The van der Waals surface area contributed by atoms with Gasteiger partial charge >= 0.3 is 11.9 Å². The molecule has 0 aliphatic rings. The van der Waals surface area contributed by atoms with Crippen LogP contribution in [0.25, 0.3) is 0 Å². The molecule has 0 atom stereocenters. The molecule has 4 heteroatoms. The lowest BCUT2D eigenvalue weighted by atomic mass is 10.0. The van der Waals surface area contributed by atoms with Gasteiger partial charge in [-0.3, -0.25) is 4.79 Å². The van der Waals surface area contributed by atoms with Gasteiger partial charge in [0.1, 0.15) is 6.61 Å². The van der Waals surface area contributed by atoms with Crippen LogP contribution in [0.5, 0.6) is 0 Å². The number of aliphatic carboxylic acids is 1. The summed E-state index contributed by atoms with van der Waals surface area (Å²) in [5, 5.41) is 9.27. The third kappa shape index (κ3) is 14.3. The molecule has 1 N–H and O–H groups in total. The van der Waals surface area contributed by atoms with E-state index in [-0.39, 0.29) is 5.97 Å². The number of hydrogen-bond donors (Lipinski definition) is 1. The molecule has 0 aromatic rings. The lowest BCUT2D eigenvalue weighted by Crippen LogP contribution is -2.00. The van der Waals surface area contributed by atoms with E-state index in [1.807, 2.05) is 32.9 Å². The number of carbonyl (C=O) groups is 2. The lowest BCUT2D eigenvalue weighted by Gasteiger charge is -2.03. The summed E-state index contributed by atoms with van der Waals surface area (Å²) in [7, 11) is 0. The molecule has 0 saturated heterocycles. The molecule has 0 radical (unpaired) electrons. The predicted molar refractivity (Wildman–Crippen MR) is 107 cm³/mol. The fourth-order valence-corrected chi connectivity index (χ4v) is 2.34. The zero-order valence-electron chi connectivity index (χ0n) is 16.9. The Hall–Kier alpha value is -2.10. The maximum absolute atomic E-state index is 11.3. The van der Waals surface area contributed by atoms with E-state index in [4.69, 9.17) is 4.74 Å². The molecule has 0 spiro atoms. The van der Waals surface area contributed by atoms with E-state index in [2.05, 4.69) is 19.1 Å². The number of allylic oxidation sites excluding steroid dienone is 6. The van der Waals surface area contributed by atoms with E-state index in [0.717, 1.165) is 32.1 Å². The van der Waals surface area contributed by atoms with Crippen molar-refractivity contribution < 1.29 is 19.4 Å². The fourth-order valence-electron chi connectivity index (χ4n) is 2.34. The van der Waals surface area contributed by atoms with E-state index in [0.29, 0.717) is 18.6 Å². The molecular weight excluding hydrogens is 328 g/mol. The highest BCUT2D eigenvalue weighted by atomic mass is 16.5. The third-order valence-electron chi connectivity index (χ3n) is 3.92. The standard InChI is InChI=1S/C22H34O4/c1-17(2)9-6-13-21(22(24)25)14-8-12-18(3)10-7-11-19(4)15-16-26-20(5)23/h9-10,14-15H,6-8,11-13,16H2,1-5H3,(H,24,25). The van der Waals surface area contributed by atoms with Crippen molar-refractivity contribution in [1.82, 2.24) is 0 Å². The first kappa shape index (κ1) is 23.9. The largest absolute Gasteiger partial charge is 0.478 e. The molecule has 0 aromatic carbocycles. The molecule has 0 aliphatic heterocycles. The van der Waals surface area contributed by atoms with Gasteiger partial charge < -0.3 is 9.84 Å². The average molecular weight is 363 g/mol. The second-order valence-corrected chi connectivity index (χ2v) is 6.84. The minimum Gasteiger partial charge on any atom is -0.478 e. The van der Waals surface area contributed by atoms with E-state index >= 15 is 0 Å². The highest BCUT2D eigenvalue weighted by Gasteiger charge is 2.05. The molecule has 0 saturated carbocycles. The smallest absolute Gasteiger partial charge is 0.331 e. The van der Waals surface area contributed by atoms with Gasteiger partial charge in [0.05, 0.1) is 0 Å². The molecular formula is C22H34O4. The maximum atomic E-state index is 11.3. The summed E-state index contributed by atoms with van der Waals surface area (Å²) in [6.45, 7) is 9.88. The Morgan fingerprint density at radius 2 is 1.31 bits per heavy atom. The van der Waals surface area contributed by atoms with Crippen LogP contribution in [-0.2, 0) is 14.3 Å². The van der Waals surface area contributed by atoms with Gasteiger partial charge in [-0.1, -0.05) is 34.9 Å². The minimum atomic E-state index is -0.817. The second kappa shape index (κ2) is 14.1. The highest BCUT2D eigenvalue weighted by molar-refractivity contribution is 5.86. The second-order valence-electron chi connectivity index (χ2n) is 6.84. The monoisotopic (exact) mass is 362 g/mol. The van der Waals surface area contributed by atoms with E-state index in [9.17, 15) is 14.7 Å². The van der Waals surface area contributed by atoms with Gasteiger partial charge in [0, 0.05) is 12.5 Å². The van der Waals surface area contributed by atoms with E-state index in [1.165, 1.54) is 23.6 Å². The van der Waals surface area contributed by atoms with Gasteiger partial charge in [-0.05, 0) is 72.3 Å². The first-order chi connectivity index (χ1) is 12.2. The Labute approximate surface area is 158 Å². The Balaban J connectivity index is 4.29. The molecule has 0 unspecified atom stereocenters. The first-order valence-electron chi connectivity index (χ1n) is 9.22. The van der Waals surface area contributed by atoms with Gasteiger partial charge in [0.2, 0.25) is 0 Å². The van der Waals surface area contributed by atoms with E-state index in [1.54, 1.807) is 0 Å². The predicted octanol–water partition coefficient (Wildman–Crippen LogP) is 5.76. The van der Waals surface area contributed by atoms with Crippen molar-refractivity contribution in [2.24, 2.45) is 0 Å². The van der Waals surface area contributed by atoms with Crippen LogP contribution in [0.15, 0.2) is 46.6 Å². The third-order valence-corrected chi connectivity index (χ3v) is 3.92. The number of carboxylic acid groups (broad SMARTS) is 1. The fraction of sp³-hybridized carbons (Fsp3) is 0.545. The summed E-state index contributed by atoms with van der Waals surface area (Å²) in [4.78, 5) is 22.0. The highest BCUT2D eigenvalue weighted by Crippen LogP contribution is 2.14. The van der Waals surface area contributed by atoms with Crippen LogP contribution in [-0.4, -0.2) is 23.7 Å².